The topological polar surface area (TPSA) is 55.9 Å². The fourth-order valence-corrected chi connectivity index (χ4v) is 1.12. The summed E-state index contributed by atoms with van der Waals surface area (Å²) in [6.45, 7) is 0. The molecule has 0 amide bonds. The summed E-state index contributed by atoms with van der Waals surface area (Å²) in [5.41, 5.74) is 1.03. The number of aryl methyl sites for hydroxylation is 1. The minimum Gasteiger partial charge on any atom is -0.772 e. The lowest BCUT2D eigenvalue weighted by Crippen LogP contribution is -1.97. The molecule has 1 heterocycles. The molecule has 1 aromatic rings. The molecule has 1 N–H and O–H groups in total. The first-order valence-corrected chi connectivity index (χ1v) is 4.21. The van der Waals surface area contributed by atoms with Gasteiger partial charge < -0.3 is 9.54 Å². The van der Waals surface area contributed by atoms with Crippen LogP contribution < -0.4 is 0 Å². The smallest absolute Gasteiger partial charge is 0.0143 e. The Kier molecular flexibility index (Phi) is 2.65. The molecule has 1 unspecified atom stereocenters. The molecule has 3 nitrogen and oxygen atoms in total. The van der Waals surface area contributed by atoms with Crippen molar-refractivity contribution < 1.29 is 8.76 Å². The second-order valence-corrected chi connectivity index (χ2v) is 2.99. The van der Waals surface area contributed by atoms with Gasteiger partial charge >= 0.3 is 0 Å². The summed E-state index contributed by atoms with van der Waals surface area (Å²) < 4.78 is 20.2. The number of rotatable bonds is 3. The van der Waals surface area contributed by atoms with E-state index in [-0.39, 0.29) is 5.75 Å². The molecule has 0 aliphatic carbocycles. The molecule has 0 aromatic carbocycles. The minimum atomic E-state index is -1.91. The van der Waals surface area contributed by atoms with E-state index in [1.165, 1.54) is 0 Å². The number of nitrogens with one attached hydrogen (secondary N) is 1. The van der Waals surface area contributed by atoms with E-state index >= 15 is 0 Å². The average molecular weight is 158 g/mol. The van der Waals surface area contributed by atoms with Crippen LogP contribution in [0.2, 0.25) is 0 Å². The Morgan fingerprint density at radius 2 is 2.50 bits per heavy atom. The molecule has 0 saturated heterocycles. The summed E-state index contributed by atoms with van der Waals surface area (Å²) in [6.07, 6.45) is 4.18. The molecule has 0 bridgehead atoms. The van der Waals surface area contributed by atoms with Gasteiger partial charge in [-0.3, -0.25) is 4.21 Å². The van der Waals surface area contributed by atoms with E-state index in [4.69, 9.17) is 0 Å². The van der Waals surface area contributed by atoms with Gasteiger partial charge in [-0.25, -0.2) is 0 Å². The van der Waals surface area contributed by atoms with E-state index in [2.05, 4.69) is 4.98 Å². The average Bonchev–Trinajstić information content (AvgIpc) is 2.34. The van der Waals surface area contributed by atoms with Crippen molar-refractivity contribution in [2.45, 2.75) is 6.42 Å². The van der Waals surface area contributed by atoms with Gasteiger partial charge in [0.05, 0.1) is 0 Å². The first-order chi connectivity index (χ1) is 4.79. The number of H-pyrrole nitrogens is 1. The Morgan fingerprint density at radius 1 is 1.70 bits per heavy atom. The molecule has 0 aliphatic rings. The molecule has 56 valence electrons. The van der Waals surface area contributed by atoms with Crippen LogP contribution in [-0.2, 0) is 17.5 Å². The first-order valence-electron chi connectivity index (χ1n) is 2.96. The van der Waals surface area contributed by atoms with Gasteiger partial charge in [-0.2, -0.15) is 0 Å². The Hall–Kier alpha value is -0.610. The van der Waals surface area contributed by atoms with Crippen molar-refractivity contribution in [2.24, 2.45) is 0 Å². The van der Waals surface area contributed by atoms with Crippen LogP contribution in [0.5, 0.6) is 0 Å². The molecule has 1 atom stereocenters. The van der Waals surface area contributed by atoms with Crippen LogP contribution in [0.25, 0.3) is 0 Å². The van der Waals surface area contributed by atoms with E-state index in [0.717, 1.165) is 5.56 Å². The first kappa shape index (κ1) is 7.50. The lowest BCUT2D eigenvalue weighted by Gasteiger charge is -2.01. The highest BCUT2D eigenvalue weighted by Gasteiger charge is 1.90. The molecular weight excluding hydrogens is 150 g/mol. The predicted octanol–water partition coefficient (Wildman–Crippen LogP) is 0.436. The van der Waals surface area contributed by atoms with Crippen molar-refractivity contribution in [2.75, 3.05) is 5.75 Å². The third kappa shape index (κ3) is 2.33. The maximum atomic E-state index is 10.1. The van der Waals surface area contributed by atoms with E-state index < -0.39 is 11.1 Å². The Labute approximate surface area is 61.7 Å². The fourth-order valence-electron chi connectivity index (χ4n) is 0.715. The van der Waals surface area contributed by atoms with Crippen molar-refractivity contribution in [1.82, 2.24) is 4.98 Å². The van der Waals surface area contributed by atoms with Gasteiger partial charge in [0.2, 0.25) is 0 Å². The van der Waals surface area contributed by atoms with Crippen LogP contribution in [-0.4, -0.2) is 19.5 Å². The zero-order valence-corrected chi connectivity index (χ0v) is 6.19. The van der Waals surface area contributed by atoms with Crippen LogP contribution in [0, 0.1) is 0 Å². The third-order valence-electron chi connectivity index (χ3n) is 1.22. The van der Waals surface area contributed by atoms with E-state index in [1.54, 1.807) is 12.4 Å². The lowest BCUT2D eigenvalue weighted by molar-refractivity contribution is 0.536. The summed E-state index contributed by atoms with van der Waals surface area (Å²) in [4.78, 5) is 2.85. The Bertz CT molecular complexity index is 208. The van der Waals surface area contributed by atoms with Crippen LogP contribution in [0.15, 0.2) is 18.5 Å². The standard InChI is InChI=1S/C6H9NO2S/c8-10(9)4-2-6-1-3-7-5-6/h1,3,5,7H,2,4H2,(H,8,9)/p-1. The number of aromatic amines is 1. The van der Waals surface area contributed by atoms with Gasteiger partial charge in [0, 0.05) is 18.1 Å². The molecule has 1 rings (SSSR count). The summed E-state index contributed by atoms with van der Waals surface area (Å²) >= 11 is -1.91. The van der Waals surface area contributed by atoms with Crippen molar-refractivity contribution >= 4 is 11.1 Å². The monoisotopic (exact) mass is 158 g/mol. The van der Waals surface area contributed by atoms with E-state index in [9.17, 15) is 8.76 Å². The van der Waals surface area contributed by atoms with Crippen LogP contribution in [0.4, 0.5) is 0 Å². The quantitative estimate of drug-likeness (QED) is 0.649. The van der Waals surface area contributed by atoms with Gasteiger partial charge in [-0.1, -0.05) is 11.1 Å². The zero-order valence-electron chi connectivity index (χ0n) is 5.37. The highest BCUT2D eigenvalue weighted by Crippen LogP contribution is 1.97. The Morgan fingerprint density at radius 3 is 3.00 bits per heavy atom. The van der Waals surface area contributed by atoms with Gasteiger partial charge in [0.25, 0.3) is 0 Å². The molecule has 10 heavy (non-hydrogen) atoms. The molecule has 0 spiro atoms. The van der Waals surface area contributed by atoms with Crippen molar-refractivity contribution in [1.29, 1.82) is 0 Å². The zero-order chi connectivity index (χ0) is 7.40. The van der Waals surface area contributed by atoms with Gasteiger partial charge in [-0.05, 0) is 18.1 Å². The molecule has 1 aromatic heterocycles. The predicted molar refractivity (Wildman–Crippen MR) is 38.3 cm³/mol. The van der Waals surface area contributed by atoms with Crippen LogP contribution >= 0.6 is 0 Å². The van der Waals surface area contributed by atoms with Gasteiger partial charge in [0.15, 0.2) is 0 Å². The second-order valence-electron chi connectivity index (χ2n) is 1.98. The van der Waals surface area contributed by atoms with Crippen molar-refractivity contribution in [3.63, 3.8) is 0 Å². The third-order valence-corrected chi connectivity index (χ3v) is 1.76. The van der Waals surface area contributed by atoms with E-state index in [0.29, 0.717) is 6.42 Å². The van der Waals surface area contributed by atoms with Crippen LogP contribution in [0.1, 0.15) is 5.56 Å². The van der Waals surface area contributed by atoms with E-state index in [1.807, 2.05) is 6.07 Å². The number of hydrogen-bond acceptors (Lipinski definition) is 2. The maximum absolute atomic E-state index is 10.1. The van der Waals surface area contributed by atoms with Crippen molar-refractivity contribution in [3.05, 3.63) is 24.0 Å². The molecule has 4 heteroatoms. The molecule has 0 saturated carbocycles. The van der Waals surface area contributed by atoms with Gasteiger partial charge in [0.1, 0.15) is 0 Å². The summed E-state index contributed by atoms with van der Waals surface area (Å²) in [5.74, 6) is 0.206. The minimum absolute atomic E-state index is 0.206. The highest BCUT2D eigenvalue weighted by atomic mass is 32.2. The largest absolute Gasteiger partial charge is 0.772 e. The molecule has 0 fully saturated rings. The maximum Gasteiger partial charge on any atom is 0.0143 e. The van der Waals surface area contributed by atoms with Crippen molar-refractivity contribution in [3.8, 4) is 0 Å². The SMILES string of the molecule is O=S([O-])CCc1cc[nH]c1. The normalized spacial score (nSPS) is 13.3. The fraction of sp³-hybridized carbons (Fsp3) is 0.333. The Balaban J connectivity index is 2.35. The highest BCUT2D eigenvalue weighted by molar-refractivity contribution is 7.79. The number of aromatic nitrogens is 1. The van der Waals surface area contributed by atoms with Gasteiger partial charge in [-0.15, -0.1) is 0 Å². The summed E-state index contributed by atoms with van der Waals surface area (Å²) in [7, 11) is 0. The lowest BCUT2D eigenvalue weighted by atomic mass is 10.3. The summed E-state index contributed by atoms with van der Waals surface area (Å²) in [5, 5.41) is 0. The summed E-state index contributed by atoms with van der Waals surface area (Å²) in [6, 6.07) is 1.87. The number of hydrogen-bond donors (Lipinski definition) is 1. The molecular formula is C6H8NO2S-. The second kappa shape index (κ2) is 3.53. The molecule has 0 radical (unpaired) electrons. The van der Waals surface area contributed by atoms with Crippen LogP contribution in [0.3, 0.4) is 0 Å². The molecule has 0 aliphatic heterocycles.